The number of rotatable bonds is 10. The minimum absolute atomic E-state index is 0.0689. The molecule has 0 radical (unpaired) electrons. The van der Waals surface area contributed by atoms with Gasteiger partial charge in [-0.15, -0.1) is 0 Å². The average Bonchev–Trinajstić information content (AvgIpc) is 3.69. The first-order valence-corrected chi connectivity index (χ1v) is 16.7. The van der Waals surface area contributed by atoms with Crippen molar-refractivity contribution in [2.75, 3.05) is 26.2 Å². The van der Waals surface area contributed by atoms with Crippen molar-refractivity contribution in [2.24, 2.45) is 0 Å². The van der Waals surface area contributed by atoms with E-state index in [1.165, 1.54) is 0 Å². The molecule has 234 valence electrons. The van der Waals surface area contributed by atoms with Crippen molar-refractivity contribution >= 4 is 90.0 Å². The number of aromatic nitrogens is 2. The van der Waals surface area contributed by atoms with Crippen molar-refractivity contribution in [3.05, 3.63) is 92.9 Å². The highest BCUT2D eigenvalue weighted by Gasteiger charge is 2.25. The van der Waals surface area contributed by atoms with Crippen LogP contribution in [0.5, 0.6) is 0 Å². The van der Waals surface area contributed by atoms with E-state index < -0.39 is 12.2 Å². The Balaban J connectivity index is 1.14. The van der Waals surface area contributed by atoms with Crippen LogP contribution in [0.15, 0.2) is 72.8 Å². The number of ether oxygens (including phenoxy) is 1. The van der Waals surface area contributed by atoms with Gasteiger partial charge in [-0.2, -0.15) is 0 Å². The molecular weight excluding hydrogens is 652 g/mol. The maximum absolute atomic E-state index is 11.5. The van der Waals surface area contributed by atoms with Crippen LogP contribution in [0.3, 0.4) is 0 Å². The number of benzene rings is 4. The molecule has 3 heterocycles. The molecule has 1 fully saturated rings. The number of aliphatic hydroxyl groups is 2. The second-order valence-electron chi connectivity index (χ2n) is 12.0. The zero-order chi connectivity index (χ0) is 31.2. The highest BCUT2D eigenvalue weighted by molar-refractivity contribution is 6.34. The SMILES string of the molecule is OC(CN(CC(O)Cn1c2ccc(Cl)cc2c2cc(Cl)ccc21)CC1CCCO1)Cn1c2ccc(Cl)cc2c2cc(Cl)ccc21. The summed E-state index contributed by atoms with van der Waals surface area (Å²) in [6, 6.07) is 23.2. The summed E-state index contributed by atoms with van der Waals surface area (Å²) in [5.41, 5.74) is 3.92. The minimum atomic E-state index is -0.707. The first-order chi connectivity index (χ1) is 21.7. The van der Waals surface area contributed by atoms with Crippen molar-refractivity contribution in [2.45, 2.75) is 44.2 Å². The molecule has 0 amide bonds. The molecular formula is C35H33Cl4N3O3. The van der Waals surface area contributed by atoms with Gasteiger partial charge >= 0.3 is 0 Å². The molecule has 0 saturated carbocycles. The molecule has 0 spiro atoms. The summed E-state index contributed by atoms with van der Waals surface area (Å²) in [6.45, 7) is 2.86. The molecule has 6 nitrogen and oxygen atoms in total. The Kier molecular flexibility index (Phi) is 8.94. The predicted molar refractivity (Wildman–Crippen MR) is 186 cm³/mol. The largest absolute Gasteiger partial charge is 0.390 e. The minimum Gasteiger partial charge on any atom is -0.390 e. The zero-order valence-electron chi connectivity index (χ0n) is 24.5. The maximum Gasteiger partial charge on any atom is 0.0846 e. The standard InChI is InChI=1S/C35H33Cl4N3O3/c36-21-3-7-32-28(12-21)29-13-22(37)4-8-33(29)41(32)18-25(43)16-40(20-27-2-1-11-45-27)17-26(44)19-42-34-9-5-23(38)14-30(34)31-15-24(39)6-10-35(31)42/h3-10,12-15,25-27,43-44H,1-2,11,16-20H2. The molecule has 10 heteroatoms. The topological polar surface area (TPSA) is 62.8 Å². The second-order valence-corrected chi connectivity index (χ2v) is 13.8. The quantitative estimate of drug-likeness (QED) is 0.152. The van der Waals surface area contributed by atoms with Crippen molar-refractivity contribution in [3.8, 4) is 0 Å². The van der Waals surface area contributed by atoms with Gasteiger partial charge in [0.2, 0.25) is 0 Å². The highest BCUT2D eigenvalue weighted by atomic mass is 35.5. The molecule has 7 rings (SSSR count). The zero-order valence-corrected chi connectivity index (χ0v) is 27.5. The molecule has 3 unspecified atom stereocenters. The third-order valence-electron chi connectivity index (χ3n) is 8.79. The van der Waals surface area contributed by atoms with Gasteiger partial charge in [-0.3, -0.25) is 4.90 Å². The monoisotopic (exact) mass is 683 g/mol. The lowest BCUT2D eigenvalue weighted by Gasteiger charge is -2.30. The lowest BCUT2D eigenvalue weighted by molar-refractivity contribution is 0.0206. The summed E-state index contributed by atoms with van der Waals surface area (Å²) < 4.78 is 10.2. The Morgan fingerprint density at radius 2 is 1.02 bits per heavy atom. The van der Waals surface area contributed by atoms with Gasteiger partial charge in [-0.05, 0) is 85.6 Å². The summed E-state index contributed by atoms with van der Waals surface area (Å²) in [7, 11) is 0. The van der Waals surface area contributed by atoms with Gasteiger partial charge in [0.05, 0.1) is 31.4 Å². The van der Waals surface area contributed by atoms with Crippen molar-refractivity contribution in [3.63, 3.8) is 0 Å². The summed E-state index contributed by atoms with van der Waals surface area (Å²) in [6.07, 6.45) is 0.635. The van der Waals surface area contributed by atoms with Crippen LogP contribution in [-0.4, -0.2) is 68.8 Å². The van der Waals surface area contributed by atoms with Crippen molar-refractivity contribution in [1.82, 2.24) is 14.0 Å². The molecule has 3 atom stereocenters. The van der Waals surface area contributed by atoms with Crippen molar-refractivity contribution in [1.29, 1.82) is 0 Å². The van der Waals surface area contributed by atoms with E-state index in [-0.39, 0.29) is 6.10 Å². The number of hydrogen-bond acceptors (Lipinski definition) is 4. The van der Waals surface area contributed by atoms with Crippen LogP contribution >= 0.6 is 46.4 Å². The molecule has 1 saturated heterocycles. The Bertz CT molecular complexity index is 1760. The van der Waals surface area contributed by atoms with E-state index in [9.17, 15) is 10.2 Å². The van der Waals surface area contributed by atoms with Gasteiger partial charge in [0, 0.05) is 89.9 Å². The number of fused-ring (bicyclic) bond motifs is 6. The Hall–Kier alpha value is -2.52. The van der Waals surface area contributed by atoms with Crippen LogP contribution in [0, 0.1) is 0 Å². The second kappa shape index (κ2) is 12.9. The molecule has 6 aromatic rings. The summed E-state index contributed by atoms with van der Waals surface area (Å²) in [5, 5.41) is 29.6. The van der Waals surface area contributed by atoms with Gasteiger partial charge in [0.15, 0.2) is 0 Å². The maximum atomic E-state index is 11.5. The fourth-order valence-electron chi connectivity index (χ4n) is 6.92. The van der Waals surface area contributed by atoms with Gasteiger partial charge in [0.25, 0.3) is 0 Å². The first-order valence-electron chi connectivity index (χ1n) is 15.2. The lowest BCUT2D eigenvalue weighted by atomic mass is 10.1. The summed E-state index contributed by atoms with van der Waals surface area (Å²) >= 11 is 25.4. The Labute approximate surface area is 281 Å². The lowest BCUT2D eigenvalue weighted by Crippen LogP contribution is -2.44. The van der Waals surface area contributed by atoms with Crippen LogP contribution in [0.4, 0.5) is 0 Å². The first kappa shape index (κ1) is 31.1. The fourth-order valence-corrected chi connectivity index (χ4v) is 7.61. The smallest absolute Gasteiger partial charge is 0.0846 e. The third-order valence-corrected chi connectivity index (χ3v) is 9.73. The van der Waals surface area contributed by atoms with E-state index in [1.54, 1.807) is 0 Å². The number of halogens is 4. The molecule has 1 aliphatic rings. The normalized spacial score (nSPS) is 17.0. The van der Waals surface area contributed by atoms with Crippen LogP contribution in [0.2, 0.25) is 20.1 Å². The molecule has 45 heavy (non-hydrogen) atoms. The molecule has 4 aromatic carbocycles. The summed E-state index contributed by atoms with van der Waals surface area (Å²) in [4.78, 5) is 2.13. The Morgan fingerprint density at radius 1 is 0.644 bits per heavy atom. The molecule has 2 aromatic heterocycles. The van der Waals surface area contributed by atoms with Crippen LogP contribution in [-0.2, 0) is 17.8 Å². The fraction of sp³-hybridized carbons (Fsp3) is 0.314. The van der Waals surface area contributed by atoms with E-state index >= 15 is 0 Å². The predicted octanol–water partition coefficient (Wildman–Crippen LogP) is 8.42. The van der Waals surface area contributed by atoms with E-state index in [0.717, 1.165) is 63.1 Å². The van der Waals surface area contributed by atoms with E-state index in [1.807, 2.05) is 72.8 Å². The van der Waals surface area contributed by atoms with Gasteiger partial charge in [0.1, 0.15) is 0 Å². The number of aliphatic hydroxyl groups excluding tert-OH is 2. The average molecular weight is 685 g/mol. The number of hydrogen-bond donors (Lipinski definition) is 2. The van der Waals surface area contributed by atoms with Gasteiger partial charge in [-0.1, -0.05) is 46.4 Å². The van der Waals surface area contributed by atoms with E-state index in [4.69, 9.17) is 51.1 Å². The van der Waals surface area contributed by atoms with Crippen LogP contribution in [0.25, 0.3) is 43.6 Å². The molecule has 2 N–H and O–H groups in total. The van der Waals surface area contributed by atoms with E-state index in [0.29, 0.717) is 52.8 Å². The number of nitrogens with zero attached hydrogens (tertiary/aromatic N) is 3. The van der Waals surface area contributed by atoms with Gasteiger partial charge in [-0.25, -0.2) is 0 Å². The summed E-state index contributed by atoms with van der Waals surface area (Å²) in [5.74, 6) is 0. The molecule has 0 aliphatic carbocycles. The van der Waals surface area contributed by atoms with Crippen LogP contribution < -0.4 is 0 Å². The molecule has 0 bridgehead atoms. The van der Waals surface area contributed by atoms with E-state index in [2.05, 4.69) is 14.0 Å². The Morgan fingerprint density at radius 3 is 1.36 bits per heavy atom. The third kappa shape index (κ3) is 6.40. The highest BCUT2D eigenvalue weighted by Crippen LogP contribution is 2.34. The van der Waals surface area contributed by atoms with Crippen LogP contribution in [0.1, 0.15) is 12.8 Å². The molecule has 1 aliphatic heterocycles. The van der Waals surface area contributed by atoms with Crippen molar-refractivity contribution < 1.29 is 14.9 Å². The van der Waals surface area contributed by atoms with Gasteiger partial charge < -0.3 is 24.1 Å².